The second kappa shape index (κ2) is 9.14. The van der Waals surface area contributed by atoms with Crippen LogP contribution in [0.3, 0.4) is 0 Å². The van der Waals surface area contributed by atoms with E-state index in [0.29, 0.717) is 11.1 Å². The molecule has 0 bridgehead atoms. The number of carbonyl (C=O) groups excluding carboxylic acids is 2. The fourth-order valence-corrected chi connectivity index (χ4v) is 6.56. The largest absolute Gasteiger partial charge is 0.459 e. The van der Waals surface area contributed by atoms with Crippen LogP contribution in [0, 0.1) is 0 Å². The summed E-state index contributed by atoms with van der Waals surface area (Å²) >= 11 is 0. The summed E-state index contributed by atoms with van der Waals surface area (Å²) in [5.74, 6) is -0.662. The molecule has 0 radical (unpaired) electrons. The van der Waals surface area contributed by atoms with Gasteiger partial charge < -0.3 is 20.1 Å². The number of hydrogen-bond donors (Lipinski definition) is 2. The molecule has 0 amide bonds. The molecule has 6 nitrogen and oxygen atoms in total. The summed E-state index contributed by atoms with van der Waals surface area (Å²) in [5, 5.41) is 9.00. The van der Waals surface area contributed by atoms with E-state index in [0.717, 1.165) is 36.5 Å². The Morgan fingerprint density at radius 1 is 0.611 bits per heavy atom. The van der Waals surface area contributed by atoms with Crippen LogP contribution in [0.1, 0.15) is 102 Å². The third-order valence-electron chi connectivity index (χ3n) is 7.16. The standard InChI is InChI=1S/C30H42N2O4/c1-27(2)15-23(16-28(3,4)31-27)35-25(33)20-11-9-19-10-12-21(14-22(19)13-20)26(34)36-24-17-29(5,6)32-30(7,8)18-24/h9-14,23-24,31-32H,15-18H2,1-8H3. The van der Waals surface area contributed by atoms with Crippen molar-refractivity contribution in [2.75, 3.05) is 0 Å². The van der Waals surface area contributed by atoms with Gasteiger partial charge in [0.15, 0.2) is 0 Å². The monoisotopic (exact) mass is 494 g/mol. The Morgan fingerprint density at radius 2 is 0.944 bits per heavy atom. The van der Waals surface area contributed by atoms with Crippen LogP contribution in [0.2, 0.25) is 0 Å². The Kier molecular flexibility index (Phi) is 6.76. The molecule has 36 heavy (non-hydrogen) atoms. The van der Waals surface area contributed by atoms with Crippen molar-refractivity contribution in [1.82, 2.24) is 10.6 Å². The van der Waals surface area contributed by atoms with Crippen molar-refractivity contribution < 1.29 is 19.1 Å². The van der Waals surface area contributed by atoms with Gasteiger partial charge >= 0.3 is 11.9 Å². The highest BCUT2D eigenvalue weighted by Crippen LogP contribution is 2.32. The van der Waals surface area contributed by atoms with Crippen LogP contribution in [0.25, 0.3) is 10.8 Å². The van der Waals surface area contributed by atoms with Gasteiger partial charge in [-0.1, -0.05) is 12.1 Å². The Bertz CT molecular complexity index is 1050. The van der Waals surface area contributed by atoms with Crippen LogP contribution in [0.15, 0.2) is 36.4 Å². The zero-order valence-electron chi connectivity index (χ0n) is 23.1. The second-order valence-electron chi connectivity index (χ2n) is 13.4. The van der Waals surface area contributed by atoms with Crippen molar-refractivity contribution in [2.24, 2.45) is 0 Å². The fraction of sp³-hybridized carbons (Fsp3) is 0.600. The highest BCUT2D eigenvalue weighted by Gasteiger charge is 2.40. The Morgan fingerprint density at radius 3 is 1.28 bits per heavy atom. The number of ether oxygens (including phenoxy) is 2. The van der Waals surface area contributed by atoms with Gasteiger partial charge in [0.1, 0.15) is 12.2 Å². The van der Waals surface area contributed by atoms with E-state index in [1.54, 1.807) is 12.1 Å². The summed E-state index contributed by atoms with van der Waals surface area (Å²) in [6.07, 6.45) is 2.73. The molecule has 2 aliphatic rings. The van der Waals surface area contributed by atoms with Crippen molar-refractivity contribution in [2.45, 2.75) is 115 Å². The molecular formula is C30H42N2O4. The molecule has 0 aromatic heterocycles. The Balaban J connectivity index is 1.49. The number of fused-ring (bicyclic) bond motifs is 1. The van der Waals surface area contributed by atoms with Crippen LogP contribution in [-0.2, 0) is 9.47 Å². The zero-order chi connectivity index (χ0) is 26.5. The first kappa shape index (κ1) is 26.6. The van der Waals surface area contributed by atoms with E-state index in [2.05, 4.69) is 66.0 Å². The molecule has 0 spiro atoms. The highest BCUT2D eigenvalue weighted by atomic mass is 16.5. The number of nitrogens with one attached hydrogen (secondary N) is 2. The van der Waals surface area contributed by atoms with Gasteiger partial charge in [-0.05, 0) is 90.4 Å². The number of benzene rings is 2. The van der Waals surface area contributed by atoms with Crippen LogP contribution in [0.5, 0.6) is 0 Å². The predicted octanol–water partition coefficient (Wildman–Crippen LogP) is 5.77. The summed E-state index contributed by atoms with van der Waals surface area (Å²) in [4.78, 5) is 26.1. The molecule has 4 rings (SSSR count). The summed E-state index contributed by atoms with van der Waals surface area (Å²) in [7, 11) is 0. The molecule has 2 heterocycles. The summed E-state index contributed by atoms with van der Waals surface area (Å²) in [6, 6.07) is 11.0. The van der Waals surface area contributed by atoms with Gasteiger partial charge in [0.2, 0.25) is 0 Å². The minimum Gasteiger partial charge on any atom is -0.459 e. The number of rotatable bonds is 4. The molecular weight excluding hydrogens is 452 g/mol. The maximum Gasteiger partial charge on any atom is 0.338 e. The van der Waals surface area contributed by atoms with Crippen molar-refractivity contribution in [1.29, 1.82) is 0 Å². The molecule has 2 aliphatic heterocycles. The van der Waals surface area contributed by atoms with Crippen LogP contribution < -0.4 is 10.6 Å². The average molecular weight is 495 g/mol. The molecule has 0 aliphatic carbocycles. The number of carbonyl (C=O) groups is 2. The second-order valence-corrected chi connectivity index (χ2v) is 13.4. The van der Waals surface area contributed by atoms with E-state index in [4.69, 9.17) is 9.47 Å². The van der Waals surface area contributed by atoms with Crippen LogP contribution in [0.4, 0.5) is 0 Å². The molecule has 196 valence electrons. The molecule has 0 unspecified atom stereocenters. The Labute approximate surface area is 215 Å². The van der Waals surface area contributed by atoms with Crippen molar-refractivity contribution in [3.63, 3.8) is 0 Å². The molecule has 0 saturated carbocycles. The predicted molar refractivity (Wildman–Crippen MR) is 143 cm³/mol. The molecule has 2 fully saturated rings. The van der Waals surface area contributed by atoms with Gasteiger partial charge in [0, 0.05) is 47.8 Å². The molecule has 2 saturated heterocycles. The van der Waals surface area contributed by atoms with Gasteiger partial charge in [0.05, 0.1) is 11.1 Å². The van der Waals surface area contributed by atoms with Gasteiger partial charge in [-0.15, -0.1) is 0 Å². The van der Waals surface area contributed by atoms with E-state index in [-0.39, 0.29) is 46.3 Å². The lowest BCUT2D eigenvalue weighted by Gasteiger charge is -2.45. The maximum absolute atomic E-state index is 13.0. The van der Waals surface area contributed by atoms with Crippen molar-refractivity contribution >= 4 is 22.7 Å². The van der Waals surface area contributed by atoms with Crippen molar-refractivity contribution in [3.8, 4) is 0 Å². The van der Waals surface area contributed by atoms with E-state index < -0.39 is 0 Å². The summed E-state index contributed by atoms with van der Waals surface area (Å²) < 4.78 is 11.9. The first-order valence-electron chi connectivity index (χ1n) is 13.1. The Hall–Kier alpha value is -2.44. The van der Waals surface area contributed by atoms with E-state index in [1.165, 1.54) is 0 Å². The van der Waals surface area contributed by atoms with Gasteiger partial charge in [0.25, 0.3) is 0 Å². The van der Waals surface area contributed by atoms with Crippen LogP contribution in [-0.4, -0.2) is 46.3 Å². The van der Waals surface area contributed by atoms with Gasteiger partial charge in [-0.25, -0.2) is 9.59 Å². The van der Waals surface area contributed by atoms with Crippen LogP contribution >= 0.6 is 0 Å². The lowest BCUT2D eigenvalue weighted by Crippen LogP contribution is -2.59. The average Bonchev–Trinajstić information content (AvgIpc) is 2.68. The van der Waals surface area contributed by atoms with Crippen molar-refractivity contribution in [3.05, 3.63) is 47.5 Å². The highest BCUT2D eigenvalue weighted by molar-refractivity contribution is 5.99. The molecule has 6 heteroatoms. The smallest absolute Gasteiger partial charge is 0.338 e. The lowest BCUT2D eigenvalue weighted by molar-refractivity contribution is -0.00759. The maximum atomic E-state index is 13.0. The minimum atomic E-state index is -0.331. The molecule has 2 aromatic rings. The molecule has 2 N–H and O–H groups in total. The molecule has 0 atom stereocenters. The quantitative estimate of drug-likeness (QED) is 0.526. The zero-order valence-corrected chi connectivity index (χ0v) is 23.1. The summed E-state index contributed by atoms with van der Waals surface area (Å²) in [6.45, 7) is 17.1. The molecule has 2 aromatic carbocycles. The lowest BCUT2D eigenvalue weighted by atomic mass is 9.81. The number of hydrogen-bond acceptors (Lipinski definition) is 6. The minimum absolute atomic E-state index is 0.107. The normalized spacial score (nSPS) is 23.2. The third kappa shape index (κ3) is 6.46. The first-order valence-corrected chi connectivity index (χ1v) is 13.1. The van der Waals surface area contributed by atoms with Gasteiger partial charge in [-0.2, -0.15) is 0 Å². The van der Waals surface area contributed by atoms with E-state index in [1.807, 2.05) is 24.3 Å². The number of esters is 2. The topological polar surface area (TPSA) is 76.7 Å². The van der Waals surface area contributed by atoms with Gasteiger partial charge in [-0.3, -0.25) is 0 Å². The fourth-order valence-electron chi connectivity index (χ4n) is 6.56. The van der Waals surface area contributed by atoms with E-state index in [9.17, 15) is 9.59 Å². The SMILES string of the molecule is CC1(C)CC(OC(=O)c2ccc3ccc(C(=O)OC4CC(C)(C)NC(C)(C)C4)cc3c2)CC(C)(C)N1. The first-order chi connectivity index (χ1) is 16.5. The third-order valence-corrected chi connectivity index (χ3v) is 7.16. The number of piperidine rings is 2. The summed E-state index contributed by atoms with van der Waals surface area (Å²) in [5.41, 5.74) is 0.552. The van der Waals surface area contributed by atoms with E-state index >= 15 is 0 Å².